The highest BCUT2D eigenvalue weighted by Crippen LogP contribution is 2.52. The van der Waals surface area contributed by atoms with Crippen LogP contribution in [0, 0.1) is 0 Å². The molecule has 20 heavy (non-hydrogen) atoms. The summed E-state index contributed by atoms with van der Waals surface area (Å²) in [6.45, 7) is 2.05. The van der Waals surface area contributed by atoms with Crippen molar-refractivity contribution < 1.29 is 29.0 Å². The minimum atomic E-state index is -3.90. The van der Waals surface area contributed by atoms with E-state index < -0.39 is 25.5 Å². The van der Waals surface area contributed by atoms with Crippen LogP contribution in [0.5, 0.6) is 0 Å². The number of ether oxygens (including phenoxy) is 1. The van der Waals surface area contributed by atoms with Crippen LogP contribution >= 0.6 is 7.60 Å². The Kier molecular flexibility index (Phi) is 7.69. The number of guanidine groups is 1. The zero-order valence-corrected chi connectivity index (χ0v) is 11.9. The molecule has 1 heterocycles. The standard InChI is InChI=1S/C6H14N4O2.C3H7O4P/c7-4(5(11)12)2-1-3-10-6(8)9;1-2-3(7-2)8(4,5)6/h4H,1-3,7H2,(H,11,12)(H4,8,9,10);2-3H,1H3,(H2,4,5,6)/t;2-,3+/m.0/s1. The van der Waals surface area contributed by atoms with Gasteiger partial charge in [-0.3, -0.25) is 14.4 Å². The summed E-state index contributed by atoms with van der Waals surface area (Å²) < 4.78 is 14.7. The first-order valence-electron chi connectivity index (χ1n) is 5.80. The Morgan fingerprint density at radius 2 is 1.95 bits per heavy atom. The fourth-order valence-corrected chi connectivity index (χ4v) is 2.07. The summed E-state index contributed by atoms with van der Waals surface area (Å²) in [6.07, 6.45) is 0.702. The minimum absolute atomic E-state index is 0.0129. The van der Waals surface area contributed by atoms with Gasteiger partial charge in [-0.05, 0) is 19.8 Å². The lowest BCUT2D eigenvalue weighted by Gasteiger charge is -2.03. The number of carboxylic acids is 1. The lowest BCUT2D eigenvalue weighted by molar-refractivity contribution is -0.138. The average Bonchev–Trinajstić information content (AvgIpc) is 3.02. The van der Waals surface area contributed by atoms with Gasteiger partial charge in [0, 0.05) is 6.54 Å². The zero-order chi connectivity index (χ0) is 15.9. The molecule has 0 amide bonds. The van der Waals surface area contributed by atoms with E-state index in [1.165, 1.54) is 0 Å². The predicted octanol–water partition coefficient (Wildman–Crippen LogP) is -1.64. The van der Waals surface area contributed by atoms with Crippen molar-refractivity contribution in [2.75, 3.05) is 6.54 Å². The molecular formula is C9H21N4O6P. The third kappa shape index (κ3) is 8.83. The first-order chi connectivity index (χ1) is 9.05. The summed E-state index contributed by atoms with van der Waals surface area (Å²) in [4.78, 5) is 30.5. The van der Waals surface area contributed by atoms with Gasteiger partial charge in [-0.25, -0.2) is 0 Å². The number of nitrogens with two attached hydrogens (primary N) is 3. The molecule has 1 saturated heterocycles. The van der Waals surface area contributed by atoms with E-state index in [1.54, 1.807) is 6.92 Å². The van der Waals surface area contributed by atoms with E-state index in [0.29, 0.717) is 19.4 Å². The van der Waals surface area contributed by atoms with Crippen LogP contribution in [-0.4, -0.2) is 51.4 Å². The molecule has 1 aliphatic heterocycles. The summed E-state index contributed by atoms with van der Waals surface area (Å²) in [5.74, 6) is -1.80. The maximum atomic E-state index is 10.2. The third-order valence-corrected chi connectivity index (χ3v) is 3.50. The predicted molar refractivity (Wildman–Crippen MR) is 71.9 cm³/mol. The normalized spacial score (nSPS) is 22.2. The molecule has 0 radical (unpaired) electrons. The molecule has 1 rings (SSSR count). The summed E-state index contributed by atoms with van der Waals surface area (Å²) in [5, 5.41) is 8.38. The Morgan fingerprint density at radius 3 is 2.20 bits per heavy atom. The molecule has 0 bridgehead atoms. The highest BCUT2D eigenvalue weighted by Gasteiger charge is 2.48. The smallest absolute Gasteiger partial charge is 0.356 e. The van der Waals surface area contributed by atoms with Gasteiger partial charge in [0.25, 0.3) is 0 Å². The minimum Gasteiger partial charge on any atom is -0.480 e. The van der Waals surface area contributed by atoms with Gasteiger partial charge in [0.1, 0.15) is 6.04 Å². The summed E-state index contributed by atoms with van der Waals surface area (Å²) >= 11 is 0. The van der Waals surface area contributed by atoms with E-state index >= 15 is 0 Å². The number of rotatable bonds is 6. The van der Waals surface area contributed by atoms with Crippen molar-refractivity contribution >= 4 is 19.5 Å². The Morgan fingerprint density at radius 1 is 1.45 bits per heavy atom. The van der Waals surface area contributed by atoms with Crippen LogP contribution in [0.2, 0.25) is 0 Å². The second-order valence-electron chi connectivity index (χ2n) is 4.21. The van der Waals surface area contributed by atoms with Crippen molar-refractivity contribution in [3.05, 3.63) is 0 Å². The van der Waals surface area contributed by atoms with Crippen LogP contribution in [0.25, 0.3) is 0 Å². The van der Waals surface area contributed by atoms with Gasteiger partial charge >= 0.3 is 13.6 Å². The molecule has 11 heteroatoms. The molecule has 118 valence electrons. The Bertz CT molecular complexity index is 394. The van der Waals surface area contributed by atoms with E-state index in [2.05, 4.69) is 9.73 Å². The van der Waals surface area contributed by atoms with E-state index in [-0.39, 0.29) is 12.1 Å². The number of aliphatic carboxylic acids is 1. The van der Waals surface area contributed by atoms with E-state index in [0.717, 1.165) is 0 Å². The van der Waals surface area contributed by atoms with Gasteiger partial charge in [-0.2, -0.15) is 0 Å². The van der Waals surface area contributed by atoms with E-state index in [4.69, 9.17) is 32.1 Å². The average molecular weight is 312 g/mol. The molecule has 0 aromatic carbocycles. The highest BCUT2D eigenvalue weighted by molar-refractivity contribution is 7.52. The number of carbonyl (C=O) groups is 1. The molecule has 0 saturated carbocycles. The van der Waals surface area contributed by atoms with Gasteiger partial charge < -0.3 is 36.8 Å². The van der Waals surface area contributed by atoms with Crippen molar-refractivity contribution in [1.29, 1.82) is 0 Å². The van der Waals surface area contributed by atoms with Crippen molar-refractivity contribution in [3.8, 4) is 0 Å². The topological polar surface area (TPSA) is 198 Å². The van der Waals surface area contributed by atoms with Crippen molar-refractivity contribution in [1.82, 2.24) is 0 Å². The van der Waals surface area contributed by atoms with E-state index in [1.807, 2.05) is 0 Å². The maximum absolute atomic E-state index is 10.2. The molecule has 10 nitrogen and oxygen atoms in total. The first-order valence-corrected chi connectivity index (χ1v) is 7.48. The molecule has 0 aromatic heterocycles. The van der Waals surface area contributed by atoms with Gasteiger partial charge in [0.2, 0.25) is 0 Å². The van der Waals surface area contributed by atoms with Crippen LogP contribution in [-0.2, 0) is 14.1 Å². The Balaban J connectivity index is 0.000000388. The van der Waals surface area contributed by atoms with Gasteiger partial charge in [-0.1, -0.05) is 0 Å². The van der Waals surface area contributed by atoms with Crippen molar-refractivity contribution in [2.45, 2.75) is 37.8 Å². The number of aliphatic imine (C=N–C) groups is 1. The third-order valence-electron chi connectivity index (χ3n) is 2.30. The first kappa shape index (κ1) is 18.8. The number of epoxide rings is 1. The van der Waals surface area contributed by atoms with Gasteiger partial charge in [-0.15, -0.1) is 0 Å². The quantitative estimate of drug-likeness (QED) is 0.109. The summed E-state index contributed by atoms with van der Waals surface area (Å²) in [7, 11) is -3.90. The largest absolute Gasteiger partial charge is 0.480 e. The molecule has 0 spiro atoms. The lowest BCUT2D eigenvalue weighted by Crippen LogP contribution is -2.30. The fourth-order valence-electron chi connectivity index (χ4n) is 1.17. The SMILES string of the molecule is C[C@@H]1O[C@@H]1P(=O)(O)O.NC(N)=NCCCC(N)C(=O)O. The zero-order valence-electron chi connectivity index (χ0n) is 11.0. The molecule has 0 aliphatic carbocycles. The Labute approximate surface area is 116 Å². The molecule has 1 aliphatic rings. The van der Waals surface area contributed by atoms with Crippen LogP contribution < -0.4 is 17.2 Å². The van der Waals surface area contributed by atoms with E-state index in [9.17, 15) is 9.36 Å². The van der Waals surface area contributed by atoms with Crippen LogP contribution in [0.3, 0.4) is 0 Å². The molecule has 0 aromatic rings. The summed E-state index contributed by atoms with van der Waals surface area (Å²) in [5.41, 5.74) is 15.3. The maximum Gasteiger partial charge on any atom is 0.356 e. The second-order valence-corrected chi connectivity index (χ2v) is 5.90. The number of carboxylic acid groups (broad SMARTS) is 1. The fraction of sp³-hybridized carbons (Fsp3) is 0.778. The monoisotopic (exact) mass is 312 g/mol. The lowest BCUT2D eigenvalue weighted by atomic mass is 10.2. The van der Waals surface area contributed by atoms with Gasteiger partial charge in [0.05, 0.1) is 6.10 Å². The van der Waals surface area contributed by atoms with Crippen molar-refractivity contribution in [2.24, 2.45) is 22.2 Å². The number of nitrogens with zero attached hydrogens (tertiary/aromatic N) is 1. The number of hydrogen-bond acceptors (Lipinski definition) is 5. The molecule has 3 atom stereocenters. The van der Waals surface area contributed by atoms with Gasteiger partial charge in [0.15, 0.2) is 11.8 Å². The Hall–Kier alpha value is -1.19. The van der Waals surface area contributed by atoms with Crippen LogP contribution in [0.15, 0.2) is 4.99 Å². The molecule has 1 fully saturated rings. The highest BCUT2D eigenvalue weighted by atomic mass is 31.2. The summed E-state index contributed by atoms with van der Waals surface area (Å²) in [6, 6.07) is -0.820. The number of hydrogen-bond donors (Lipinski definition) is 6. The second kappa shape index (κ2) is 8.18. The molecular weight excluding hydrogens is 291 g/mol. The van der Waals surface area contributed by atoms with Crippen LogP contribution in [0.4, 0.5) is 0 Å². The molecule has 9 N–H and O–H groups in total. The van der Waals surface area contributed by atoms with Crippen molar-refractivity contribution in [3.63, 3.8) is 0 Å². The van der Waals surface area contributed by atoms with Crippen LogP contribution in [0.1, 0.15) is 19.8 Å². The molecule has 1 unspecified atom stereocenters.